The number of anilines is 1. The van der Waals surface area contributed by atoms with Crippen LogP contribution in [-0.2, 0) is 11.3 Å². The lowest BCUT2D eigenvalue weighted by Crippen LogP contribution is -2.43. The first-order valence-electron chi connectivity index (χ1n) is 7.32. The maximum atomic E-state index is 12.8. The van der Waals surface area contributed by atoms with Gasteiger partial charge in [0.1, 0.15) is 12.1 Å². The first kappa shape index (κ1) is 17.5. The molecule has 0 aliphatic heterocycles. The highest BCUT2D eigenvalue weighted by Gasteiger charge is 2.42. The monoisotopic (exact) mass is 332 g/mol. The molecule has 1 saturated carbocycles. The van der Waals surface area contributed by atoms with Gasteiger partial charge in [-0.25, -0.2) is 14.8 Å². The first-order valence-corrected chi connectivity index (χ1v) is 7.32. The third kappa shape index (κ3) is 5.34. The third-order valence-electron chi connectivity index (χ3n) is 3.73. The number of nitrogens with zero attached hydrogens (tertiary/aromatic N) is 2. The highest BCUT2D eigenvalue weighted by Crippen LogP contribution is 2.37. The van der Waals surface area contributed by atoms with E-state index < -0.39 is 24.2 Å². The standard InChI is InChI=1S/C14H19F3N4O2/c1-23-7-11-6-12(19-8-18-11)21-13(22)20-10-4-2-3-9(5-10)14(15,16)17/h6,8-10H,2-5,7H2,1H3,(H2,18,19,20,21,22)/t9-,10-/m0/s1. The van der Waals surface area contributed by atoms with Crippen molar-refractivity contribution in [3.63, 3.8) is 0 Å². The normalized spacial score (nSPS) is 21.7. The number of methoxy groups -OCH3 is 1. The van der Waals surface area contributed by atoms with Gasteiger partial charge in [0, 0.05) is 19.2 Å². The van der Waals surface area contributed by atoms with Gasteiger partial charge in [-0.2, -0.15) is 13.2 Å². The van der Waals surface area contributed by atoms with Crippen LogP contribution in [0.2, 0.25) is 0 Å². The molecule has 1 aromatic heterocycles. The summed E-state index contributed by atoms with van der Waals surface area (Å²) >= 11 is 0. The summed E-state index contributed by atoms with van der Waals surface area (Å²) in [5.41, 5.74) is 0.590. The number of urea groups is 1. The number of aromatic nitrogens is 2. The fraction of sp³-hybridized carbons (Fsp3) is 0.643. The Morgan fingerprint density at radius 3 is 2.87 bits per heavy atom. The second kappa shape index (κ2) is 7.58. The molecule has 128 valence electrons. The van der Waals surface area contributed by atoms with Crippen molar-refractivity contribution in [1.82, 2.24) is 15.3 Å². The van der Waals surface area contributed by atoms with Gasteiger partial charge < -0.3 is 10.1 Å². The number of ether oxygens (including phenoxy) is 1. The Kier molecular flexibility index (Phi) is 5.75. The van der Waals surface area contributed by atoms with Crippen molar-refractivity contribution >= 4 is 11.8 Å². The van der Waals surface area contributed by atoms with Crippen LogP contribution in [0.1, 0.15) is 31.4 Å². The van der Waals surface area contributed by atoms with E-state index in [0.29, 0.717) is 18.5 Å². The van der Waals surface area contributed by atoms with Crippen LogP contribution in [0, 0.1) is 5.92 Å². The molecular formula is C14H19F3N4O2. The zero-order valence-electron chi connectivity index (χ0n) is 12.7. The molecule has 1 aliphatic rings. The Morgan fingerprint density at radius 1 is 1.39 bits per heavy atom. The van der Waals surface area contributed by atoms with Crippen molar-refractivity contribution in [3.05, 3.63) is 18.1 Å². The summed E-state index contributed by atoms with van der Waals surface area (Å²) in [6, 6.07) is 0.484. The molecule has 0 spiro atoms. The van der Waals surface area contributed by atoms with Crippen molar-refractivity contribution in [2.75, 3.05) is 12.4 Å². The average Bonchev–Trinajstić information content (AvgIpc) is 2.47. The molecule has 1 heterocycles. The fourth-order valence-corrected chi connectivity index (χ4v) is 2.65. The number of alkyl halides is 3. The highest BCUT2D eigenvalue weighted by atomic mass is 19.4. The van der Waals surface area contributed by atoms with Gasteiger partial charge >= 0.3 is 12.2 Å². The van der Waals surface area contributed by atoms with Crippen LogP contribution in [0.15, 0.2) is 12.4 Å². The largest absolute Gasteiger partial charge is 0.391 e. The van der Waals surface area contributed by atoms with Crippen molar-refractivity contribution in [1.29, 1.82) is 0 Å². The van der Waals surface area contributed by atoms with Crippen LogP contribution in [0.3, 0.4) is 0 Å². The molecule has 23 heavy (non-hydrogen) atoms. The van der Waals surface area contributed by atoms with E-state index in [2.05, 4.69) is 20.6 Å². The summed E-state index contributed by atoms with van der Waals surface area (Å²) in [6.07, 6.45) is -1.91. The van der Waals surface area contributed by atoms with E-state index in [1.54, 1.807) is 6.07 Å². The lowest BCUT2D eigenvalue weighted by molar-refractivity contribution is -0.183. The number of nitrogens with one attached hydrogen (secondary N) is 2. The molecule has 0 radical (unpaired) electrons. The van der Waals surface area contributed by atoms with Crippen molar-refractivity contribution in [3.8, 4) is 0 Å². The van der Waals surface area contributed by atoms with E-state index in [-0.39, 0.29) is 25.3 Å². The summed E-state index contributed by atoms with van der Waals surface area (Å²) in [7, 11) is 1.52. The molecule has 0 aromatic carbocycles. The number of hydrogen-bond acceptors (Lipinski definition) is 4. The van der Waals surface area contributed by atoms with E-state index in [0.717, 1.165) is 0 Å². The number of halogens is 3. The summed E-state index contributed by atoms with van der Waals surface area (Å²) in [4.78, 5) is 19.8. The van der Waals surface area contributed by atoms with Gasteiger partial charge in [0.25, 0.3) is 0 Å². The van der Waals surface area contributed by atoms with Crippen LogP contribution in [-0.4, -0.2) is 35.3 Å². The Hall–Kier alpha value is -1.90. The van der Waals surface area contributed by atoms with Crippen LogP contribution < -0.4 is 10.6 Å². The minimum Gasteiger partial charge on any atom is -0.378 e. The molecule has 0 unspecified atom stereocenters. The molecule has 2 rings (SSSR count). The lowest BCUT2D eigenvalue weighted by Gasteiger charge is -2.30. The highest BCUT2D eigenvalue weighted by molar-refractivity contribution is 5.88. The quantitative estimate of drug-likeness (QED) is 0.889. The van der Waals surface area contributed by atoms with Gasteiger partial charge in [0.05, 0.1) is 18.2 Å². The maximum absolute atomic E-state index is 12.8. The lowest BCUT2D eigenvalue weighted by atomic mass is 9.85. The molecule has 2 atom stereocenters. The van der Waals surface area contributed by atoms with Gasteiger partial charge in [-0.3, -0.25) is 5.32 Å². The number of carbonyl (C=O) groups excluding carboxylic acids is 1. The Bertz CT molecular complexity index is 539. The third-order valence-corrected chi connectivity index (χ3v) is 3.73. The summed E-state index contributed by atoms with van der Waals surface area (Å²) in [5.74, 6) is -1.08. The number of rotatable bonds is 4. The van der Waals surface area contributed by atoms with Gasteiger partial charge in [0.2, 0.25) is 0 Å². The maximum Gasteiger partial charge on any atom is 0.391 e. The van der Waals surface area contributed by atoms with E-state index in [1.807, 2.05) is 0 Å². The predicted octanol–water partition coefficient (Wildman–Crippen LogP) is 2.87. The van der Waals surface area contributed by atoms with E-state index in [1.165, 1.54) is 13.4 Å². The zero-order valence-corrected chi connectivity index (χ0v) is 12.7. The van der Waals surface area contributed by atoms with Crippen LogP contribution in [0.5, 0.6) is 0 Å². The van der Waals surface area contributed by atoms with Gasteiger partial charge in [-0.05, 0) is 19.3 Å². The number of carbonyl (C=O) groups is 1. The van der Waals surface area contributed by atoms with Crippen LogP contribution in [0.4, 0.5) is 23.8 Å². The fourth-order valence-electron chi connectivity index (χ4n) is 2.65. The molecule has 1 aromatic rings. The SMILES string of the molecule is COCc1cc(NC(=O)N[C@H]2CCC[C@H](C(F)(F)F)C2)ncn1. The minimum atomic E-state index is -4.21. The summed E-state index contributed by atoms with van der Waals surface area (Å²) in [5, 5.41) is 5.08. The second-order valence-electron chi connectivity index (χ2n) is 5.53. The second-order valence-corrected chi connectivity index (χ2v) is 5.53. The molecule has 0 saturated heterocycles. The van der Waals surface area contributed by atoms with Crippen LogP contribution >= 0.6 is 0 Å². The number of amides is 2. The molecule has 2 N–H and O–H groups in total. The van der Waals surface area contributed by atoms with Gasteiger partial charge in [0.15, 0.2) is 0 Å². The molecule has 1 fully saturated rings. The van der Waals surface area contributed by atoms with Gasteiger partial charge in [-0.15, -0.1) is 0 Å². The van der Waals surface area contributed by atoms with Crippen molar-refractivity contribution in [2.45, 2.75) is 44.5 Å². The summed E-state index contributed by atoms with van der Waals surface area (Å²) in [6.45, 7) is 0.273. The Balaban J connectivity index is 1.88. The minimum absolute atomic E-state index is 0.0877. The van der Waals surface area contributed by atoms with Crippen LogP contribution in [0.25, 0.3) is 0 Å². The predicted molar refractivity (Wildman–Crippen MR) is 76.7 cm³/mol. The van der Waals surface area contributed by atoms with Gasteiger partial charge in [-0.1, -0.05) is 6.42 Å². The Labute approximate surface area is 131 Å². The number of hydrogen-bond donors (Lipinski definition) is 2. The topological polar surface area (TPSA) is 76.1 Å². The molecule has 2 amide bonds. The summed E-state index contributed by atoms with van der Waals surface area (Å²) < 4.78 is 43.2. The van der Waals surface area contributed by atoms with E-state index in [9.17, 15) is 18.0 Å². The molecular weight excluding hydrogens is 313 g/mol. The molecule has 0 bridgehead atoms. The molecule has 1 aliphatic carbocycles. The van der Waals surface area contributed by atoms with E-state index in [4.69, 9.17) is 4.74 Å². The van der Waals surface area contributed by atoms with Crippen molar-refractivity contribution < 1.29 is 22.7 Å². The van der Waals surface area contributed by atoms with E-state index >= 15 is 0 Å². The smallest absolute Gasteiger partial charge is 0.378 e. The first-order chi connectivity index (χ1) is 10.9. The average molecular weight is 332 g/mol. The molecule has 6 nitrogen and oxygen atoms in total. The Morgan fingerprint density at radius 2 is 2.17 bits per heavy atom. The zero-order chi connectivity index (χ0) is 16.9. The molecule has 9 heteroatoms. The van der Waals surface area contributed by atoms with Crippen molar-refractivity contribution in [2.24, 2.45) is 5.92 Å².